The summed E-state index contributed by atoms with van der Waals surface area (Å²) in [6, 6.07) is 7.26. The van der Waals surface area contributed by atoms with Gasteiger partial charge in [0.1, 0.15) is 0 Å². The van der Waals surface area contributed by atoms with Crippen molar-refractivity contribution in [3.63, 3.8) is 0 Å². The number of piperidine rings is 1. The molecule has 0 bridgehead atoms. The second-order valence-electron chi connectivity index (χ2n) is 5.09. The summed E-state index contributed by atoms with van der Waals surface area (Å²) in [4.78, 5) is 25.3. The molecule has 2 amide bonds. The summed E-state index contributed by atoms with van der Waals surface area (Å²) in [6.45, 7) is 1.90. The summed E-state index contributed by atoms with van der Waals surface area (Å²) in [5.74, 6) is 5.63. The highest BCUT2D eigenvalue weighted by molar-refractivity contribution is 5.98. The van der Waals surface area contributed by atoms with Crippen molar-refractivity contribution in [3.05, 3.63) is 35.4 Å². The maximum absolute atomic E-state index is 12.0. The number of amides is 2. The summed E-state index contributed by atoms with van der Waals surface area (Å²) < 4.78 is 0. The normalized spacial score (nSPS) is 16.4. The molecular formula is C17H19NO3. The van der Waals surface area contributed by atoms with Crippen molar-refractivity contribution in [1.29, 1.82) is 0 Å². The number of imide groups is 1. The molecule has 0 aliphatic carbocycles. The highest BCUT2D eigenvalue weighted by Crippen LogP contribution is 2.26. The molecule has 1 aliphatic heterocycles. The van der Waals surface area contributed by atoms with E-state index in [0.29, 0.717) is 25.7 Å². The van der Waals surface area contributed by atoms with Gasteiger partial charge in [-0.3, -0.25) is 14.5 Å². The first kappa shape index (κ1) is 15.3. The van der Waals surface area contributed by atoms with Crippen molar-refractivity contribution in [1.82, 2.24) is 4.90 Å². The Morgan fingerprint density at radius 1 is 1.29 bits per heavy atom. The molecule has 0 saturated carbocycles. The van der Waals surface area contributed by atoms with Gasteiger partial charge in [0.2, 0.25) is 11.8 Å². The molecule has 110 valence electrons. The largest absolute Gasteiger partial charge is 0.395 e. The van der Waals surface area contributed by atoms with Gasteiger partial charge in [0, 0.05) is 24.8 Å². The third-order valence-corrected chi connectivity index (χ3v) is 3.54. The Kier molecular flexibility index (Phi) is 5.13. The Balaban J connectivity index is 2.21. The van der Waals surface area contributed by atoms with Crippen LogP contribution in [0.1, 0.15) is 49.8 Å². The van der Waals surface area contributed by atoms with Gasteiger partial charge in [0.05, 0.1) is 12.6 Å². The van der Waals surface area contributed by atoms with Crippen LogP contribution in [0.4, 0.5) is 0 Å². The molecule has 4 nitrogen and oxygen atoms in total. The van der Waals surface area contributed by atoms with Crippen molar-refractivity contribution in [2.45, 2.75) is 38.6 Å². The number of carbonyl (C=O) groups excluding carboxylic acids is 2. The van der Waals surface area contributed by atoms with Crippen LogP contribution in [-0.4, -0.2) is 28.4 Å². The van der Waals surface area contributed by atoms with Gasteiger partial charge >= 0.3 is 0 Å². The third kappa shape index (κ3) is 3.71. The summed E-state index contributed by atoms with van der Waals surface area (Å²) in [7, 11) is 0. The molecule has 1 aromatic rings. The van der Waals surface area contributed by atoms with Gasteiger partial charge in [-0.15, -0.1) is 0 Å². The van der Waals surface area contributed by atoms with E-state index in [1.807, 2.05) is 31.2 Å². The fourth-order valence-corrected chi connectivity index (χ4v) is 2.45. The lowest BCUT2D eigenvalue weighted by atomic mass is 10.0. The maximum atomic E-state index is 12.0. The number of hydrogen-bond acceptors (Lipinski definition) is 3. The zero-order valence-corrected chi connectivity index (χ0v) is 12.1. The number of aliphatic hydroxyl groups is 1. The molecule has 1 unspecified atom stereocenters. The Labute approximate surface area is 124 Å². The van der Waals surface area contributed by atoms with Gasteiger partial charge in [-0.2, -0.15) is 0 Å². The van der Waals surface area contributed by atoms with Gasteiger partial charge in [0.15, 0.2) is 0 Å². The lowest BCUT2D eigenvalue weighted by Crippen LogP contribution is -2.41. The van der Waals surface area contributed by atoms with Crippen LogP contribution in [0.2, 0.25) is 0 Å². The predicted molar refractivity (Wildman–Crippen MR) is 79.1 cm³/mol. The topological polar surface area (TPSA) is 57.6 Å². The molecular weight excluding hydrogens is 266 g/mol. The molecule has 1 N–H and O–H groups in total. The fourth-order valence-electron chi connectivity index (χ4n) is 2.45. The van der Waals surface area contributed by atoms with Gasteiger partial charge in [-0.25, -0.2) is 0 Å². The first-order chi connectivity index (χ1) is 10.1. The standard InChI is InChI=1S/C17H19NO3/c1-13(18-16(20)9-5-10-17(18)21)15-8-4-7-14(12-15)6-2-3-11-19/h4,7-8,12-13,19H,3,5,9-11H2,1H3. The van der Waals surface area contributed by atoms with Crippen LogP contribution in [0.15, 0.2) is 24.3 Å². The molecule has 4 heteroatoms. The number of likely N-dealkylation sites (tertiary alicyclic amines) is 1. The molecule has 0 radical (unpaired) electrons. The first-order valence-electron chi connectivity index (χ1n) is 7.18. The highest BCUT2D eigenvalue weighted by Gasteiger charge is 2.30. The fraction of sp³-hybridized carbons (Fsp3) is 0.412. The van der Waals surface area contributed by atoms with E-state index in [-0.39, 0.29) is 24.5 Å². The molecule has 1 saturated heterocycles. The van der Waals surface area contributed by atoms with E-state index in [1.54, 1.807) is 0 Å². The Bertz CT molecular complexity index is 582. The van der Waals surface area contributed by atoms with E-state index < -0.39 is 0 Å². The summed E-state index contributed by atoms with van der Waals surface area (Å²) in [6.07, 6.45) is 1.95. The number of hydrogen-bond donors (Lipinski definition) is 1. The van der Waals surface area contributed by atoms with Crippen molar-refractivity contribution in [2.24, 2.45) is 0 Å². The zero-order valence-electron chi connectivity index (χ0n) is 12.1. The van der Waals surface area contributed by atoms with Gasteiger partial charge in [-0.1, -0.05) is 24.0 Å². The van der Waals surface area contributed by atoms with E-state index >= 15 is 0 Å². The monoisotopic (exact) mass is 285 g/mol. The lowest BCUT2D eigenvalue weighted by molar-refractivity contribution is -0.150. The van der Waals surface area contributed by atoms with E-state index in [1.165, 1.54) is 4.90 Å². The number of carbonyl (C=O) groups is 2. The maximum Gasteiger partial charge on any atom is 0.229 e. The number of aliphatic hydroxyl groups excluding tert-OH is 1. The van der Waals surface area contributed by atoms with Crippen molar-refractivity contribution >= 4 is 11.8 Å². The molecule has 1 fully saturated rings. The third-order valence-electron chi connectivity index (χ3n) is 3.54. The second-order valence-corrected chi connectivity index (χ2v) is 5.09. The minimum Gasteiger partial charge on any atom is -0.395 e. The molecule has 0 aromatic heterocycles. The van der Waals surface area contributed by atoms with Crippen LogP contribution in [0, 0.1) is 11.8 Å². The summed E-state index contributed by atoms with van der Waals surface area (Å²) >= 11 is 0. The van der Waals surface area contributed by atoms with Crippen LogP contribution in [0.5, 0.6) is 0 Å². The Hall–Kier alpha value is -2.12. The van der Waals surface area contributed by atoms with Crippen LogP contribution >= 0.6 is 0 Å². The molecule has 2 rings (SSSR count). The molecule has 1 aliphatic rings. The quantitative estimate of drug-likeness (QED) is 0.683. The number of rotatable bonds is 3. The van der Waals surface area contributed by atoms with Gasteiger partial charge in [-0.05, 0) is 31.0 Å². The highest BCUT2D eigenvalue weighted by atomic mass is 16.2. The van der Waals surface area contributed by atoms with Crippen LogP contribution in [0.25, 0.3) is 0 Å². The van der Waals surface area contributed by atoms with Gasteiger partial charge in [0.25, 0.3) is 0 Å². The smallest absolute Gasteiger partial charge is 0.229 e. The van der Waals surface area contributed by atoms with Crippen LogP contribution in [-0.2, 0) is 9.59 Å². The molecule has 1 heterocycles. The van der Waals surface area contributed by atoms with E-state index in [4.69, 9.17) is 5.11 Å². The second kappa shape index (κ2) is 7.05. The van der Waals surface area contributed by atoms with E-state index in [9.17, 15) is 9.59 Å². The predicted octanol–water partition coefficient (Wildman–Crippen LogP) is 2.02. The average molecular weight is 285 g/mol. The van der Waals surface area contributed by atoms with E-state index in [2.05, 4.69) is 11.8 Å². The van der Waals surface area contributed by atoms with Crippen molar-refractivity contribution in [3.8, 4) is 11.8 Å². The molecule has 21 heavy (non-hydrogen) atoms. The van der Waals surface area contributed by atoms with Gasteiger partial charge < -0.3 is 5.11 Å². The SMILES string of the molecule is CC(c1cccc(C#CCCO)c1)N1C(=O)CCCC1=O. The minimum absolute atomic E-state index is 0.0415. The molecule has 1 aromatic carbocycles. The van der Waals surface area contributed by atoms with Crippen molar-refractivity contribution < 1.29 is 14.7 Å². The Morgan fingerprint density at radius 3 is 2.67 bits per heavy atom. The number of benzene rings is 1. The molecule has 0 spiro atoms. The summed E-state index contributed by atoms with van der Waals surface area (Å²) in [5, 5.41) is 8.73. The molecule has 1 atom stereocenters. The first-order valence-corrected chi connectivity index (χ1v) is 7.18. The lowest BCUT2D eigenvalue weighted by Gasteiger charge is -2.31. The average Bonchev–Trinajstić information content (AvgIpc) is 2.47. The Morgan fingerprint density at radius 2 is 2.00 bits per heavy atom. The summed E-state index contributed by atoms with van der Waals surface area (Å²) in [5.41, 5.74) is 1.72. The number of nitrogens with zero attached hydrogens (tertiary/aromatic N) is 1. The zero-order chi connectivity index (χ0) is 15.2. The van der Waals surface area contributed by atoms with E-state index in [0.717, 1.165) is 11.1 Å². The minimum atomic E-state index is -0.273. The van der Waals surface area contributed by atoms with Crippen LogP contribution in [0.3, 0.4) is 0 Å². The van der Waals surface area contributed by atoms with Crippen LogP contribution < -0.4 is 0 Å². The van der Waals surface area contributed by atoms with Crippen molar-refractivity contribution in [2.75, 3.05) is 6.61 Å².